The number of nitrogens with zero attached hydrogens (tertiary/aromatic N) is 4. The summed E-state index contributed by atoms with van der Waals surface area (Å²) in [4.78, 5) is 15.1. The van der Waals surface area contributed by atoms with Gasteiger partial charge < -0.3 is 9.84 Å². The fourth-order valence-electron chi connectivity index (χ4n) is 5.28. The van der Waals surface area contributed by atoms with Crippen LogP contribution >= 0.6 is 0 Å². The van der Waals surface area contributed by atoms with Gasteiger partial charge in [0.1, 0.15) is 5.82 Å². The van der Waals surface area contributed by atoms with E-state index < -0.39 is 0 Å². The first kappa shape index (κ1) is 21.3. The molecule has 2 aliphatic rings. The van der Waals surface area contributed by atoms with Crippen LogP contribution in [0.25, 0.3) is 5.65 Å². The molecule has 32 heavy (non-hydrogen) atoms. The highest BCUT2D eigenvalue weighted by Crippen LogP contribution is 2.37. The lowest BCUT2D eigenvalue weighted by Gasteiger charge is -2.40. The van der Waals surface area contributed by atoms with E-state index in [1.165, 1.54) is 15.1 Å². The van der Waals surface area contributed by atoms with E-state index in [0.29, 0.717) is 36.4 Å². The molecular weight excluding hydrogens is 411 g/mol. The maximum Gasteiger partial charge on any atom is 0.350 e. The van der Waals surface area contributed by atoms with E-state index >= 15 is 0 Å². The maximum atomic E-state index is 13.9. The quantitative estimate of drug-likeness (QED) is 0.583. The molecule has 0 saturated carbocycles. The van der Waals surface area contributed by atoms with Gasteiger partial charge in [-0.15, -0.1) is 5.10 Å². The number of aliphatic hydroxyl groups excluding tert-OH is 1. The van der Waals surface area contributed by atoms with Gasteiger partial charge in [0.05, 0.1) is 19.3 Å². The Morgan fingerprint density at radius 2 is 1.84 bits per heavy atom. The number of rotatable bonds is 8. The molecule has 3 unspecified atom stereocenters. The zero-order valence-corrected chi connectivity index (χ0v) is 18.0. The zero-order chi connectivity index (χ0) is 22.1. The maximum absolute atomic E-state index is 13.9. The Morgan fingerprint density at radius 3 is 2.56 bits per heavy atom. The first-order chi connectivity index (χ1) is 15.6. The number of aliphatic hydroxyl groups is 1. The fraction of sp³-hybridized carbons (Fsp3) is 0.500. The molecule has 0 radical (unpaired) electrons. The van der Waals surface area contributed by atoms with Crippen molar-refractivity contribution in [3.05, 3.63) is 70.5 Å². The summed E-state index contributed by atoms with van der Waals surface area (Å²) in [5, 5.41) is 14.4. The van der Waals surface area contributed by atoms with Gasteiger partial charge in [-0.1, -0.05) is 24.3 Å². The molecule has 5 rings (SSSR count). The number of hydrogen-bond acceptors (Lipinski definition) is 5. The summed E-state index contributed by atoms with van der Waals surface area (Å²) in [6.07, 6.45) is 5.88. The molecule has 2 fully saturated rings. The van der Waals surface area contributed by atoms with Crippen molar-refractivity contribution in [3.63, 3.8) is 0 Å². The van der Waals surface area contributed by atoms with Crippen LogP contribution < -0.4 is 5.69 Å². The predicted molar refractivity (Wildman–Crippen MR) is 118 cm³/mol. The highest BCUT2D eigenvalue weighted by atomic mass is 19.1. The molecule has 1 N–H and O–H groups in total. The molecule has 3 aromatic rings. The Balaban J connectivity index is 1.20. The Labute approximate surface area is 186 Å². The lowest BCUT2D eigenvalue weighted by molar-refractivity contribution is -0.0354. The summed E-state index contributed by atoms with van der Waals surface area (Å²) >= 11 is 0. The second-order valence-electron chi connectivity index (χ2n) is 9.02. The smallest absolute Gasteiger partial charge is 0.350 e. The van der Waals surface area contributed by atoms with Crippen molar-refractivity contribution < 1.29 is 14.2 Å². The van der Waals surface area contributed by atoms with Crippen LogP contribution in [-0.2, 0) is 17.9 Å². The third-order valence-electron chi connectivity index (χ3n) is 6.92. The molecular formula is C24H29FN4O3. The normalized spacial score (nSPS) is 24.2. The number of halogens is 1. The largest absolute Gasteiger partial charge is 0.396 e. The Morgan fingerprint density at radius 1 is 1.09 bits per heavy atom. The van der Waals surface area contributed by atoms with Crippen LogP contribution in [0.3, 0.4) is 0 Å². The van der Waals surface area contributed by atoms with Crippen LogP contribution in [0.15, 0.2) is 53.5 Å². The van der Waals surface area contributed by atoms with Gasteiger partial charge in [-0.05, 0) is 43.9 Å². The van der Waals surface area contributed by atoms with E-state index in [-0.39, 0.29) is 30.1 Å². The van der Waals surface area contributed by atoms with Gasteiger partial charge in [-0.25, -0.2) is 13.9 Å². The minimum atomic E-state index is -0.221. The van der Waals surface area contributed by atoms with Crippen LogP contribution in [0.4, 0.5) is 4.39 Å². The molecule has 170 valence electrons. The number of fused-ring (bicyclic) bond motifs is 3. The van der Waals surface area contributed by atoms with Crippen molar-refractivity contribution in [2.45, 2.75) is 57.0 Å². The molecule has 0 amide bonds. The van der Waals surface area contributed by atoms with Gasteiger partial charge in [0.25, 0.3) is 0 Å². The predicted octanol–water partition coefficient (Wildman–Crippen LogP) is 2.46. The summed E-state index contributed by atoms with van der Waals surface area (Å²) in [7, 11) is 0. The topological polar surface area (TPSA) is 72.0 Å². The van der Waals surface area contributed by atoms with E-state index in [2.05, 4.69) is 10.00 Å². The number of benzene rings is 1. The van der Waals surface area contributed by atoms with Crippen molar-refractivity contribution in [3.8, 4) is 0 Å². The molecule has 1 aromatic carbocycles. The molecule has 4 heterocycles. The van der Waals surface area contributed by atoms with Crippen LogP contribution in [0.1, 0.15) is 31.2 Å². The van der Waals surface area contributed by atoms with Crippen molar-refractivity contribution in [2.24, 2.45) is 5.92 Å². The second kappa shape index (κ2) is 9.13. The summed E-state index contributed by atoms with van der Waals surface area (Å²) in [5.41, 5.74) is 1.03. The van der Waals surface area contributed by atoms with Gasteiger partial charge >= 0.3 is 5.69 Å². The summed E-state index contributed by atoms with van der Waals surface area (Å²) in [6, 6.07) is 13.0. The minimum absolute atomic E-state index is 0.00344. The Kier molecular flexibility index (Phi) is 6.08. The van der Waals surface area contributed by atoms with Gasteiger partial charge in [0.2, 0.25) is 0 Å². The van der Waals surface area contributed by atoms with Crippen LogP contribution in [0.5, 0.6) is 0 Å². The number of piperidine rings is 1. The van der Waals surface area contributed by atoms with E-state index in [4.69, 9.17) is 4.74 Å². The standard InChI is InChI=1S/C24H29FN4O3/c25-22-6-2-1-5-18(22)16-32-21-11-19-8-9-20(12-21)28(19)13-17(15-30)14-29-24(31)27-10-4-3-7-23(27)26-29/h1-7,10,17,19-21,30H,8-9,11-16H2. The Bertz CT molecular complexity index is 1120. The zero-order valence-electron chi connectivity index (χ0n) is 18.0. The fourth-order valence-corrected chi connectivity index (χ4v) is 5.28. The number of ether oxygens (including phenoxy) is 1. The molecule has 2 bridgehead atoms. The minimum Gasteiger partial charge on any atom is -0.396 e. The summed E-state index contributed by atoms with van der Waals surface area (Å²) in [6.45, 7) is 1.42. The number of pyridine rings is 1. The average Bonchev–Trinajstić information content (AvgIpc) is 3.23. The SMILES string of the molecule is O=c1n(CC(CO)CN2C3CCC2CC(OCc2ccccc2F)C3)nc2ccccn12. The van der Waals surface area contributed by atoms with Crippen LogP contribution in [-0.4, -0.2) is 55.5 Å². The molecule has 2 aliphatic heterocycles. The van der Waals surface area contributed by atoms with Crippen LogP contribution in [0.2, 0.25) is 0 Å². The van der Waals surface area contributed by atoms with E-state index in [0.717, 1.165) is 32.2 Å². The summed E-state index contributed by atoms with van der Waals surface area (Å²) in [5.74, 6) is -0.294. The van der Waals surface area contributed by atoms with Gasteiger partial charge in [0, 0.05) is 42.9 Å². The van der Waals surface area contributed by atoms with E-state index in [9.17, 15) is 14.3 Å². The molecule has 2 saturated heterocycles. The monoisotopic (exact) mass is 440 g/mol. The highest BCUT2D eigenvalue weighted by molar-refractivity contribution is 5.35. The first-order valence-electron chi connectivity index (χ1n) is 11.4. The van der Waals surface area contributed by atoms with E-state index in [1.54, 1.807) is 30.5 Å². The van der Waals surface area contributed by atoms with Gasteiger partial charge in [-0.2, -0.15) is 0 Å². The van der Waals surface area contributed by atoms with Crippen molar-refractivity contribution in [1.29, 1.82) is 0 Å². The highest BCUT2D eigenvalue weighted by Gasteiger charge is 2.41. The van der Waals surface area contributed by atoms with Crippen molar-refractivity contribution in [2.75, 3.05) is 13.2 Å². The first-order valence-corrected chi connectivity index (χ1v) is 11.4. The summed E-state index contributed by atoms with van der Waals surface area (Å²) < 4.78 is 23.0. The van der Waals surface area contributed by atoms with E-state index in [1.807, 2.05) is 12.1 Å². The average molecular weight is 441 g/mol. The van der Waals surface area contributed by atoms with Crippen LogP contribution in [0, 0.1) is 11.7 Å². The molecule has 2 aromatic heterocycles. The Hall–Kier alpha value is -2.55. The second-order valence-corrected chi connectivity index (χ2v) is 9.02. The molecule has 0 aliphatic carbocycles. The van der Waals surface area contributed by atoms with Gasteiger partial charge in [-0.3, -0.25) is 9.30 Å². The molecule has 0 spiro atoms. The van der Waals surface area contributed by atoms with Crippen molar-refractivity contribution >= 4 is 5.65 Å². The lowest BCUT2D eigenvalue weighted by atomic mass is 9.97. The van der Waals surface area contributed by atoms with Gasteiger partial charge in [0.15, 0.2) is 5.65 Å². The molecule has 3 atom stereocenters. The lowest BCUT2D eigenvalue weighted by Crippen LogP contribution is -2.48. The number of aromatic nitrogens is 3. The third kappa shape index (κ3) is 4.22. The molecule has 8 heteroatoms. The number of hydrogen-bond donors (Lipinski definition) is 1. The third-order valence-corrected chi connectivity index (χ3v) is 6.92. The molecule has 7 nitrogen and oxygen atoms in total. The van der Waals surface area contributed by atoms with Crippen molar-refractivity contribution in [1.82, 2.24) is 19.1 Å².